The van der Waals surface area contributed by atoms with Crippen molar-refractivity contribution < 1.29 is 66.8 Å². The van der Waals surface area contributed by atoms with E-state index in [1.165, 1.54) is 25.3 Å². The van der Waals surface area contributed by atoms with Gasteiger partial charge in [0.2, 0.25) is 0 Å². The van der Waals surface area contributed by atoms with E-state index in [4.69, 9.17) is 10.5 Å². The minimum Gasteiger partial charge on any atom is -0.507 e. The van der Waals surface area contributed by atoms with Crippen molar-refractivity contribution in [1.29, 1.82) is 0 Å². The van der Waals surface area contributed by atoms with Crippen LogP contribution in [0.15, 0.2) is 101 Å². The number of rotatable bonds is 9. The number of anilines is 1. The molecule has 0 heterocycles. The Morgan fingerprint density at radius 3 is 1.82 bits per heavy atom. The molecule has 5 aromatic carbocycles. The number of nitrogens with zero attached hydrogens (tertiary/aromatic N) is 4. The average molecular weight is 784 g/mol. The van der Waals surface area contributed by atoms with E-state index in [9.17, 15) is 62.1 Å². The number of azo groups is 2. The number of phenolic OH excluding ortho intramolecular Hbond substituents is 2. The minimum atomic E-state index is -5.15. The predicted octanol–water partition coefficient (Wildman–Crippen LogP) is 4.81. The highest BCUT2D eigenvalue weighted by molar-refractivity contribution is 7.86. The van der Waals surface area contributed by atoms with Crippen LogP contribution in [0.2, 0.25) is 0 Å². The third kappa shape index (κ3) is 7.42. The molecule has 5 aromatic rings. The summed E-state index contributed by atoms with van der Waals surface area (Å²) in [6.07, 6.45) is 0. The molecular formula is C27H21N5O15S4. The Balaban J connectivity index is 1.67. The maximum Gasteiger partial charge on any atom is 0.296 e. The van der Waals surface area contributed by atoms with Crippen LogP contribution in [0.25, 0.3) is 21.5 Å². The first-order valence-corrected chi connectivity index (χ1v) is 19.1. The molecule has 0 unspecified atom stereocenters. The van der Waals surface area contributed by atoms with Gasteiger partial charge in [-0.1, -0.05) is 6.07 Å². The Morgan fingerprint density at radius 2 is 1.24 bits per heavy atom. The van der Waals surface area contributed by atoms with Gasteiger partial charge >= 0.3 is 0 Å². The Kier molecular flexibility index (Phi) is 9.24. The molecule has 0 amide bonds. The Morgan fingerprint density at radius 1 is 0.608 bits per heavy atom. The summed E-state index contributed by atoms with van der Waals surface area (Å²) < 4.78 is 140. The quantitative estimate of drug-likeness (QED) is 0.0599. The zero-order valence-corrected chi connectivity index (χ0v) is 28.4. The molecule has 0 fully saturated rings. The van der Waals surface area contributed by atoms with Gasteiger partial charge in [0.15, 0.2) is 5.75 Å². The number of methoxy groups -OCH3 is 1. The van der Waals surface area contributed by atoms with Crippen molar-refractivity contribution in [2.75, 3.05) is 12.8 Å². The van der Waals surface area contributed by atoms with Gasteiger partial charge in [0.1, 0.15) is 43.2 Å². The van der Waals surface area contributed by atoms with Gasteiger partial charge in [-0.2, -0.15) is 38.8 Å². The highest BCUT2D eigenvalue weighted by Crippen LogP contribution is 2.45. The lowest BCUT2D eigenvalue weighted by Crippen LogP contribution is -2.04. The summed E-state index contributed by atoms with van der Waals surface area (Å²) >= 11 is 0. The summed E-state index contributed by atoms with van der Waals surface area (Å²) in [5.41, 5.74) is 3.65. The topological polar surface area (TPSA) is 343 Å². The van der Waals surface area contributed by atoms with E-state index in [-0.39, 0.29) is 22.2 Å². The van der Waals surface area contributed by atoms with E-state index in [2.05, 4.69) is 20.5 Å². The minimum absolute atomic E-state index is 0.00168. The van der Waals surface area contributed by atoms with E-state index in [0.717, 1.165) is 24.3 Å². The highest BCUT2D eigenvalue weighted by Gasteiger charge is 2.25. The molecule has 0 aliphatic carbocycles. The van der Waals surface area contributed by atoms with Crippen molar-refractivity contribution in [1.82, 2.24) is 0 Å². The van der Waals surface area contributed by atoms with Gasteiger partial charge < -0.3 is 20.7 Å². The van der Waals surface area contributed by atoms with Gasteiger partial charge in [0.05, 0.1) is 28.8 Å². The fourth-order valence-corrected chi connectivity index (χ4v) is 7.26. The number of phenols is 2. The summed E-state index contributed by atoms with van der Waals surface area (Å²) in [5, 5.41) is 35.4. The number of fused-ring (bicyclic) bond motifs is 2. The molecule has 0 saturated heterocycles. The molecule has 0 aromatic heterocycles. The van der Waals surface area contributed by atoms with Gasteiger partial charge in [0, 0.05) is 22.9 Å². The lowest BCUT2D eigenvalue weighted by Gasteiger charge is -2.12. The molecule has 20 nitrogen and oxygen atoms in total. The van der Waals surface area contributed by atoms with Crippen molar-refractivity contribution in [2.45, 2.75) is 19.6 Å². The first-order chi connectivity index (χ1) is 23.5. The lowest BCUT2D eigenvalue weighted by atomic mass is 10.1. The maximum atomic E-state index is 12.2. The predicted molar refractivity (Wildman–Crippen MR) is 176 cm³/mol. The van der Waals surface area contributed by atoms with Gasteiger partial charge in [-0.15, -0.1) is 15.3 Å². The van der Waals surface area contributed by atoms with Crippen LogP contribution >= 0.6 is 0 Å². The summed E-state index contributed by atoms with van der Waals surface area (Å²) in [6, 6.07) is 9.55. The van der Waals surface area contributed by atoms with Crippen LogP contribution in [-0.2, 0) is 40.5 Å². The molecule has 0 bridgehead atoms. The van der Waals surface area contributed by atoms with Crippen LogP contribution in [0.5, 0.6) is 17.2 Å². The lowest BCUT2D eigenvalue weighted by molar-refractivity contribution is 0.412. The molecule has 0 radical (unpaired) electrons. The van der Waals surface area contributed by atoms with Crippen LogP contribution in [-0.4, -0.2) is 69.2 Å². The number of benzene rings is 5. The van der Waals surface area contributed by atoms with Gasteiger partial charge in [0.25, 0.3) is 40.5 Å². The first-order valence-electron chi connectivity index (χ1n) is 13.3. The Bertz CT molecular complexity index is 2820. The molecule has 0 saturated carbocycles. The number of nitrogens with two attached hydrogens (primary N) is 1. The number of nitrogen functional groups attached to an aromatic ring is 1. The molecule has 268 valence electrons. The van der Waals surface area contributed by atoms with Crippen LogP contribution < -0.4 is 10.5 Å². The van der Waals surface area contributed by atoms with Crippen LogP contribution in [0.3, 0.4) is 0 Å². The van der Waals surface area contributed by atoms with Crippen molar-refractivity contribution in [3.05, 3.63) is 60.7 Å². The number of ether oxygens (including phenoxy) is 1. The second kappa shape index (κ2) is 12.8. The highest BCUT2D eigenvalue weighted by atomic mass is 32.2. The molecule has 0 aliphatic rings. The first kappa shape index (κ1) is 36.9. The van der Waals surface area contributed by atoms with Crippen LogP contribution in [0.1, 0.15) is 0 Å². The smallest absolute Gasteiger partial charge is 0.296 e. The average Bonchev–Trinajstić information content (AvgIpc) is 3.01. The Labute approximate surface area is 287 Å². The third-order valence-corrected chi connectivity index (χ3v) is 10.5. The maximum absolute atomic E-state index is 12.2. The third-order valence-electron chi connectivity index (χ3n) is 7.04. The zero-order chi connectivity index (χ0) is 37.8. The molecule has 0 atom stereocenters. The van der Waals surface area contributed by atoms with E-state index in [1.807, 2.05) is 0 Å². The summed E-state index contributed by atoms with van der Waals surface area (Å²) in [7, 11) is -18.9. The summed E-state index contributed by atoms with van der Waals surface area (Å²) in [4.78, 5) is -3.63. The fourth-order valence-electron chi connectivity index (χ4n) is 4.74. The second-order valence-electron chi connectivity index (χ2n) is 10.3. The monoisotopic (exact) mass is 783 g/mol. The second-order valence-corrected chi connectivity index (χ2v) is 15.9. The SMILES string of the molecule is COc1ccc(N=Nc2c(S(=O)(=O)O)cc3ccc(N=Nc4cc(S(=O)(=O)O)c5cc(S(=O)(=O)O)cc(O)c5c4N)cc3c2O)c(S(=O)(=O)O)c1. The van der Waals surface area contributed by atoms with E-state index in [1.54, 1.807) is 0 Å². The number of hydrogen-bond donors (Lipinski definition) is 7. The van der Waals surface area contributed by atoms with Gasteiger partial charge in [-0.05, 0) is 47.9 Å². The van der Waals surface area contributed by atoms with Crippen molar-refractivity contribution in [2.24, 2.45) is 20.5 Å². The largest absolute Gasteiger partial charge is 0.507 e. The van der Waals surface area contributed by atoms with E-state index < -0.39 is 105 Å². The molecule has 0 spiro atoms. The van der Waals surface area contributed by atoms with Crippen LogP contribution in [0, 0.1) is 0 Å². The van der Waals surface area contributed by atoms with E-state index >= 15 is 0 Å². The fraction of sp³-hybridized carbons (Fsp3) is 0.0370. The molecule has 5 rings (SSSR count). The van der Waals surface area contributed by atoms with E-state index in [0.29, 0.717) is 18.2 Å². The molecule has 51 heavy (non-hydrogen) atoms. The molecule has 0 aliphatic heterocycles. The molecular weight excluding hydrogens is 763 g/mol. The van der Waals surface area contributed by atoms with Crippen molar-refractivity contribution in [3.8, 4) is 17.2 Å². The molecule has 8 N–H and O–H groups in total. The van der Waals surface area contributed by atoms with Gasteiger partial charge in [-0.3, -0.25) is 18.2 Å². The molecule has 24 heteroatoms. The number of hydrogen-bond acceptors (Lipinski definition) is 16. The summed E-state index contributed by atoms with van der Waals surface area (Å²) in [5.74, 6) is -1.83. The van der Waals surface area contributed by atoms with Gasteiger partial charge in [-0.25, -0.2) is 0 Å². The van der Waals surface area contributed by atoms with Crippen LogP contribution in [0.4, 0.5) is 28.4 Å². The van der Waals surface area contributed by atoms with Crippen molar-refractivity contribution in [3.63, 3.8) is 0 Å². The Hall–Kier alpha value is -5.34. The van der Waals surface area contributed by atoms with Crippen molar-refractivity contribution >= 4 is 90.5 Å². The zero-order valence-electron chi connectivity index (χ0n) is 25.1. The summed E-state index contributed by atoms with van der Waals surface area (Å²) in [6.45, 7) is 0. The standard InChI is InChI=1S/C27H21N5O15S4/c1-47-14-4-5-18(22(8-14)50(41,42)43)30-32-26-23(51(44,45)46)6-12-2-3-13(7-16(12)27(26)34)29-31-19-11-21(49(38,39)40)17-9-15(48(35,36)37)10-20(33)24(17)25(19)28/h2-11,33-34H,28H2,1H3,(H,35,36,37)(H,38,39,40)(H,41,42,43)(H,44,45,46). The normalized spacial score (nSPS) is 13.1. The number of aromatic hydroxyl groups is 2.